The van der Waals surface area contributed by atoms with Crippen molar-refractivity contribution in [2.45, 2.75) is 174 Å². The number of esters is 2. The Bertz CT molecular complexity index is 1450. The molecule has 2 atom stereocenters. The Labute approximate surface area is 391 Å². The van der Waals surface area contributed by atoms with E-state index in [2.05, 4.69) is 135 Å². The summed E-state index contributed by atoms with van der Waals surface area (Å²) in [5, 5.41) is 11.7. The summed E-state index contributed by atoms with van der Waals surface area (Å²) in [5.74, 6) is -1.86. The summed E-state index contributed by atoms with van der Waals surface area (Å²) in [6, 6.07) is -0.748. The molecule has 0 spiro atoms. The van der Waals surface area contributed by atoms with Crippen molar-refractivity contribution in [3.63, 3.8) is 0 Å². The van der Waals surface area contributed by atoms with E-state index in [1.54, 1.807) is 21.1 Å². The van der Waals surface area contributed by atoms with Crippen LogP contribution in [0.1, 0.15) is 162 Å². The number of carbonyl (C=O) groups is 3. The van der Waals surface area contributed by atoms with Gasteiger partial charge in [0.2, 0.25) is 0 Å². The molecule has 64 heavy (non-hydrogen) atoms. The van der Waals surface area contributed by atoms with E-state index in [-0.39, 0.29) is 49.1 Å². The van der Waals surface area contributed by atoms with Crippen LogP contribution in [-0.2, 0) is 28.6 Å². The Hall–Kier alpha value is -4.27. The lowest BCUT2D eigenvalue weighted by Gasteiger charge is -2.34. The summed E-state index contributed by atoms with van der Waals surface area (Å²) in [4.78, 5) is 37.0. The molecule has 8 heteroatoms. The predicted molar refractivity (Wildman–Crippen MR) is 267 cm³/mol. The number of carboxylic acid groups (broad SMARTS) is 1. The van der Waals surface area contributed by atoms with Crippen molar-refractivity contribution in [3.8, 4) is 0 Å². The van der Waals surface area contributed by atoms with Crippen LogP contribution in [0.25, 0.3) is 0 Å². The second-order valence-corrected chi connectivity index (χ2v) is 17.0. The van der Waals surface area contributed by atoms with Crippen molar-refractivity contribution in [1.29, 1.82) is 0 Å². The second-order valence-electron chi connectivity index (χ2n) is 17.0. The van der Waals surface area contributed by atoms with Crippen LogP contribution in [0.2, 0.25) is 0 Å². The average Bonchev–Trinajstić information content (AvgIpc) is 3.26. The van der Waals surface area contributed by atoms with Gasteiger partial charge in [0.15, 0.2) is 6.10 Å². The Morgan fingerprint density at radius 1 is 0.484 bits per heavy atom. The summed E-state index contributed by atoms with van der Waals surface area (Å²) in [5.41, 5.74) is 0. The third kappa shape index (κ3) is 43.0. The van der Waals surface area contributed by atoms with Crippen LogP contribution in [0.5, 0.6) is 0 Å². The average molecular weight is 888 g/mol. The molecule has 0 saturated carbocycles. The third-order valence-electron chi connectivity index (χ3n) is 10.1. The van der Waals surface area contributed by atoms with Gasteiger partial charge in [0.05, 0.1) is 40.3 Å². The third-order valence-corrected chi connectivity index (χ3v) is 10.1. The zero-order valence-electron chi connectivity index (χ0n) is 40.9. The second kappa shape index (κ2) is 45.3. The number of ether oxygens (including phenoxy) is 3. The number of rotatable bonds is 42. The number of hydrogen-bond donors (Lipinski definition) is 0. The van der Waals surface area contributed by atoms with Gasteiger partial charge < -0.3 is 28.6 Å². The lowest BCUT2D eigenvalue weighted by molar-refractivity contribution is -0.889. The topological polar surface area (TPSA) is 102 Å². The van der Waals surface area contributed by atoms with Crippen molar-refractivity contribution >= 4 is 17.9 Å². The van der Waals surface area contributed by atoms with Crippen molar-refractivity contribution in [2.75, 3.05) is 41.0 Å². The predicted octanol–water partition coefficient (Wildman–Crippen LogP) is 12.9. The molecule has 0 N–H and O–H groups in total. The minimum Gasteiger partial charge on any atom is -0.544 e. The van der Waals surface area contributed by atoms with E-state index < -0.39 is 18.1 Å². The van der Waals surface area contributed by atoms with Gasteiger partial charge >= 0.3 is 11.9 Å². The highest BCUT2D eigenvalue weighted by Crippen LogP contribution is 2.11. The molecule has 0 rings (SSSR count). The number of unbranched alkanes of at least 4 members (excludes halogenated alkanes) is 8. The maximum absolute atomic E-state index is 12.7. The molecule has 0 radical (unpaired) electrons. The van der Waals surface area contributed by atoms with E-state index in [9.17, 15) is 19.5 Å². The van der Waals surface area contributed by atoms with Gasteiger partial charge in [-0.1, -0.05) is 161 Å². The van der Waals surface area contributed by atoms with E-state index in [0.717, 1.165) is 96.3 Å². The fourth-order valence-electron chi connectivity index (χ4n) is 6.30. The summed E-state index contributed by atoms with van der Waals surface area (Å²) < 4.78 is 17.1. The van der Waals surface area contributed by atoms with Crippen molar-refractivity contribution in [1.82, 2.24) is 0 Å². The van der Waals surface area contributed by atoms with Gasteiger partial charge in [0.25, 0.3) is 0 Å². The molecule has 0 aliphatic carbocycles. The summed E-state index contributed by atoms with van der Waals surface area (Å²) in [7, 11) is 5.37. The Morgan fingerprint density at radius 3 is 1.33 bits per heavy atom. The van der Waals surface area contributed by atoms with Crippen LogP contribution < -0.4 is 5.11 Å². The minimum atomic E-state index is -1.14. The number of nitrogens with zero attached hydrogens (tertiary/aromatic N) is 1. The molecule has 0 fully saturated rings. The highest BCUT2D eigenvalue weighted by molar-refractivity contribution is 5.70. The first-order valence-electron chi connectivity index (χ1n) is 24.6. The van der Waals surface area contributed by atoms with Crippen LogP contribution in [0.15, 0.2) is 122 Å². The first-order valence-corrected chi connectivity index (χ1v) is 24.6. The van der Waals surface area contributed by atoms with Crippen LogP contribution in [0.3, 0.4) is 0 Å². The van der Waals surface area contributed by atoms with Gasteiger partial charge in [-0.3, -0.25) is 9.59 Å². The first-order chi connectivity index (χ1) is 31.1. The van der Waals surface area contributed by atoms with E-state index in [1.807, 2.05) is 0 Å². The molecule has 0 aromatic carbocycles. The maximum atomic E-state index is 12.7. The van der Waals surface area contributed by atoms with Crippen molar-refractivity contribution in [2.24, 2.45) is 0 Å². The highest BCUT2D eigenvalue weighted by Gasteiger charge is 2.25. The number of carboxylic acids is 1. The quantitative estimate of drug-likeness (QED) is 0.0260. The summed E-state index contributed by atoms with van der Waals surface area (Å²) in [6.07, 6.45) is 63.8. The number of carbonyl (C=O) groups excluding carboxylic acids is 3. The molecule has 0 amide bonds. The molecular weight excluding hydrogens is 799 g/mol. The molecular formula is C56H89NO7. The van der Waals surface area contributed by atoms with E-state index in [4.69, 9.17) is 14.2 Å². The number of allylic oxidation sites excluding steroid dienone is 20. The van der Waals surface area contributed by atoms with Crippen molar-refractivity contribution in [3.05, 3.63) is 122 Å². The monoisotopic (exact) mass is 888 g/mol. The summed E-state index contributed by atoms with van der Waals surface area (Å²) in [6.45, 7) is 4.41. The summed E-state index contributed by atoms with van der Waals surface area (Å²) >= 11 is 0. The van der Waals surface area contributed by atoms with Crippen molar-refractivity contribution < 1.29 is 38.2 Å². The molecule has 0 aromatic heterocycles. The molecule has 0 aliphatic heterocycles. The lowest BCUT2D eigenvalue weighted by atomic mass is 10.1. The zero-order valence-corrected chi connectivity index (χ0v) is 40.9. The molecule has 360 valence electrons. The van der Waals surface area contributed by atoms with E-state index in [1.165, 1.54) is 25.7 Å². The highest BCUT2D eigenvalue weighted by atomic mass is 16.6. The van der Waals surface area contributed by atoms with E-state index >= 15 is 0 Å². The minimum absolute atomic E-state index is 0.00169. The fourth-order valence-corrected chi connectivity index (χ4v) is 6.30. The van der Waals surface area contributed by atoms with Gasteiger partial charge in [0.1, 0.15) is 12.6 Å². The molecule has 0 bridgehead atoms. The Morgan fingerprint density at radius 2 is 0.891 bits per heavy atom. The molecule has 0 saturated heterocycles. The maximum Gasteiger partial charge on any atom is 0.306 e. The first kappa shape index (κ1) is 59.7. The molecule has 0 aliphatic rings. The van der Waals surface area contributed by atoms with Gasteiger partial charge in [0, 0.05) is 19.3 Å². The van der Waals surface area contributed by atoms with Gasteiger partial charge in [-0.15, -0.1) is 0 Å². The standard InChI is InChI=1S/C56H89NO7/c1-6-8-10-12-14-16-18-20-22-24-25-26-27-28-29-31-32-34-36-38-40-42-44-46-54(58)63-51-52(50-62-49-48-53(56(60)61)57(3,4)5)64-55(59)47-45-43-41-39-37-35-33-30-23-21-19-17-15-13-11-9-7-2/h8,10,14-17,20-23,25-26,28-29,32-35,39,41,52-53H,6-7,9,11-13,18-19,24,27,30-31,36-38,40,42-51H2,1-5H3/b10-8+,16-14+,17-15+,22-20+,23-21+,26-25+,29-28+,34-32+,35-33+,41-39+. The normalized spacial score (nSPS) is 14.0. The molecule has 0 heterocycles. The number of likely N-dealkylation sites (N-methyl/N-ethyl adjacent to an activating group) is 1. The molecule has 8 nitrogen and oxygen atoms in total. The molecule has 0 aromatic rings. The van der Waals surface area contributed by atoms with Crippen LogP contribution in [-0.4, -0.2) is 75.5 Å². The number of aliphatic carboxylic acids is 1. The van der Waals surface area contributed by atoms with E-state index in [0.29, 0.717) is 12.8 Å². The Kier molecular flexibility index (Phi) is 42.3. The van der Waals surface area contributed by atoms with Gasteiger partial charge in [-0.2, -0.15) is 0 Å². The Balaban J connectivity index is 4.44. The molecule has 2 unspecified atom stereocenters. The number of quaternary nitrogens is 1. The SMILES string of the molecule is CC/C=C/C/C=C/C/C=C/C/C=C/C/C=C/C/C=C/CCCCCCC(=O)OCC(COCCC(C(=O)[O-])[N+](C)(C)C)OC(=O)CCC/C=C/C/C=C/C/C=C/C/C=C/CCCCC. The number of hydrogen-bond acceptors (Lipinski definition) is 7. The fraction of sp³-hybridized carbons (Fsp3) is 0.589. The smallest absolute Gasteiger partial charge is 0.306 e. The lowest BCUT2D eigenvalue weighted by Crippen LogP contribution is -2.55. The zero-order chi connectivity index (χ0) is 47.0. The van der Waals surface area contributed by atoms with Gasteiger partial charge in [-0.25, -0.2) is 0 Å². The van der Waals surface area contributed by atoms with Gasteiger partial charge in [-0.05, 0) is 103 Å². The largest absolute Gasteiger partial charge is 0.544 e. The van der Waals surface area contributed by atoms with Crippen LogP contribution >= 0.6 is 0 Å². The van der Waals surface area contributed by atoms with Crippen LogP contribution in [0, 0.1) is 0 Å². The van der Waals surface area contributed by atoms with Crippen LogP contribution in [0.4, 0.5) is 0 Å².